The first-order valence-corrected chi connectivity index (χ1v) is 10.3. The van der Waals surface area contributed by atoms with Crippen LogP contribution in [-0.4, -0.2) is 75.8 Å². The van der Waals surface area contributed by atoms with Crippen molar-refractivity contribution >= 4 is 11.9 Å². The zero-order valence-corrected chi connectivity index (χ0v) is 17.1. The van der Waals surface area contributed by atoms with Crippen molar-refractivity contribution in [2.45, 2.75) is 76.3 Å². The van der Waals surface area contributed by atoms with E-state index in [-0.39, 0.29) is 23.9 Å². The molecular weight excluding hydrogens is 396 g/mol. The molecule has 1 aliphatic carbocycles. The van der Waals surface area contributed by atoms with Gasteiger partial charge >= 0.3 is 11.9 Å². The van der Waals surface area contributed by atoms with Gasteiger partial charge in [-0.25, -0.2) is 4.79 Å². The van der Waals surface area contributed by atoms with Crippen LogP contribution < -0.4 is 0 Å². The Bertz CT molecular complexity index is 713. The minimum absolute atomic E-state index is 0.0611. The van der Waals surface area contributed by atoms with Gasteiger partial charge in [0.25, 0.3) is 0 Å². The zero-order chi connectivity index (χ0) is 22.0. The first-order valence-electron chi connectivity index (χ1n) is 10.3. The van der Waals surface area contributed by atoms with Crippen molar-refractivity contribution in [3.63, 3.8) is 0 Å². The summed E-state index contributed by atoms with van der Waals surface area (Å²) in [6, 6.07) is 0. The lowest BCUT2D eigenvalue weighted by molar-refractivity contribution is -0.291. The number of allylic oxidation sites excluding steroid dienone is 2. The topological polar surface area (TPSA) is 143 Å². The van der Waals surface area contributed by atoms with Gasteiger partial charge in [-0.1, -0.05) is 18.6 Å². The van der Waals surface area contributed by atoms with Gasteiger partial charge in [0, 0.05) is 11.5 Å². The molecule has 0 amide bonds. The summed E-state index contributed by atoms with van der Waals surface area (Å²) in [5, 5.41) is 39.1. The summed E-state index contributed by atoms with van der Waals surface area (Å²) in [4.78, 5) is 24.8. The Kier molecular flexibility index (Phi) is 7.30. The lowest BCUT2D eigenvalue weighted by Gasteiger charge is -2.39. The average Bonchev–Trinajstić information content (AvgIpc) is 2.97. The number of aliphatic hydroxyl groups excluding tert-OH is 4. The SMILES string of the molecule is C/C1=C/[C@H]2OC(=O)[C@@H](C)[C@@H]2CC/C(C(=O)O[C@@H]2O[C@H](CO)[C@@H](O)[C@H](O)[C@H]2O)=C\CC1. The molecule has 2 aliphatic heterocycles. The zero-order valence-electron chi connectivity index (χ0n) is 17.1. The number of carbonyl (C=O) groups excluding carboxylic acids is 2. The van der Waals surface area contributed by atoms with Gasteiger partial charge in [0.15, 0.2) is 0 Å². The molecule has 0 spiro atoms. The molecule has 0 bridgehead atoms. The van der Waals surface area contributed by atoms with E-state index in [1.54, 1.807) is 6.08 Å². The van der Waals surface area contributed by atoms with Crippen molar-refractivity contribution < 1.29 is 44.2 Å². The molecule has 2 heterocycles. The van der Waals surface area contributed by atoms with Gasteiger partial charge < -0.3 is 34.6 Å². The maximum absolute atomic E-state index is 12.8. The van der Waals surface area contributed by atoms with E-state index in [1.807, 2.05) is 19.9 Å². The van der Waals surface area contributed by atoms with Gasteiger partial charge in [-0.3, -0.25) is 4.79 Å². The van der Waals surface area contributed by atoms with Crippen LogP contribution in [0.1, 0.15) is 39.5 Å². The van der Waals surface area contributed by atoms with E-state index < -0.39 is 43.3 Å². The molecule has 0 aromatic carbocycles. The van der Waals surface area contributed by atoms with Crippen LogP contribution in [0.2, 0.25) is 0 Å². The van der Waals surface area contributed by atoms with Crippen LogP contribution >= 0.6 is 0 Å². The Morgan fingerprint density at radius 1 is 1.20 bits per heavy atom. The number of fused-ring (bicyclic) bond motifs is 1. The van der Waals surface area contributed by atoms with Crippen molar-refractivity contribution in [1.82, 2.24) is 0 Å². The van der Waals surface area contributed by atoms with Crippen molar-refractivity contribution in [2.75, 3.05) is 6.61 Å². The van der Waals surface area contributed by atoms with Crippen LogP contribution in [0.3, 0.4) is 0 Å². The second-order valence-corrected chi connectivity index (χ2v) is 8.28. The number of ether oxygens (including phenoxy) is 3. The third kappa shape index (κ3) is 4.76. The van der Waals surface area contributed by atoms with Gasteiger partial charge in [-0.2, -0.15) is 0 Å². The lowest BCUT2D eigenvalue weighted by atomic mass is 9.84. The molecule has 0 radical (unpaired) electrons. The van der Waals surface area contributed by atoms with Crippen LogP contribution in [0.5, 0.6) is 0 Å². The first kappa shape index (κ1) is 22.9. The molecule has 0 aromatic rings. The standard InChI is InChI=1S/C21H30O9/c1-10-4-3-5-12(6-7-13-11(2)19(26)28-14(13)8-10)20(27)30-21-18(25)17(24)16(23)15(9-22)29-21/h5,8,11,13-18,21-25H,3-4,6-7,9H2,1-2H3/b10-8-,12-5+/t11-,13-,14+,15+,16+,17-,18+,21-/m0/s1. The van der Waals surface area contributed by atoms with Gasteiger partial charge in [-0.15, -0.1) is 0 Å². The highest BCUT2D eigenvalue weighted by Gasteiger charge is 2.46. The maximum atomic E-state index is 12.8. The molecule has 0 aromatic heterocycles. The van der Waals surface area contributed by atoms with Crippen molar-refractivity contribution in [1.29, 1.82) is 0 Å². The maximum Gasteiger partial charge on any atom is 0.336 e. The average molecular weight is 426 g/mol. The summed E-state index contributed by atoms with van der Waals surface area (Å²) >= 11 is 0. The summed E-state index contributed by atoms with van der Waals surface area (Å²) in [7, 11) is 0. The Balaban J connectivity index is 1.72. The Labute approximate surface area is 174 Å². The van der Waals surface area contributed by atoms with E-state index in [0.29, 0.717) is 31.3 Å². The van der Waals surface area contributed by atoms with Crippen LogP contribution in [0.15, 0.2) is 23.3 Å². The minimum atomic E-state index is -1.65. The monoisotopic (exact) mass is 426 g/mol. The largest absolute Gasteiger partial charge is 0.458 e. The van der Waals surface area contributed by atoms with Crippen LogP contribution in [0.25, 0.3) is 0 Å². The third-order valence-electron chi connectivity index (χ3n) is 6.15. The second kappa shape index (κ2) is 9.57. The number of aliphatic hydroxyl groups is 4. The fraction of sp³-hybridized carbons (Fsp3) is 0.714. The molecular formula is C21H30O9. The Morgan fingerprint density at radius 2 is 1.93 bits per heavy atom. The molecule has 2 saturated heterocycles. The summed E-state index contributed by atoms with van der Waals surface area (Å²) in [6.45, 7) is 3.16. The number of carbonyl (C=O) groups is 2. The molecule has 3 rings (SSSR count). The minimum Gasteiger partial charge on any atom is -0.458 e. The number of hydrogen-bond acceptors (Lipinski definition) is 9. The number of hydrogen-bond donors (Lipinski definition) is 4. The van der Waals surface area contributed by atoms with Crippen molar-refractivity contribution in [3.8, 4) is 0 Å². The van der Waals surface area contributed by atoms with Crippen LogP contribution in [-0.2, 0) is 23.8 Å². The molecule has 30 heavy (non-hydrogen) atoms. The summed E-state index contributed by atoms with van der Waals surface area (Å²) < 4.78 is 16.0. The van der Waals surface area contributed by atoms with Gasteiger partial charge in [0.1, 0.15) is 30.5 Å². The molecule has 168 valence electrons. The van der Waals surface area contributed by atoms with E-state index in [4.69, 9.17) is 14.2 Å². The number of esters is 2. The predicted molar refractivity (Wildman–Crippen MR) is 103 cm³/mol. The molecule has 2 fully saturated rings. The van der Waals surface area contributed by atoms with Crippen molar-refractivity contribution in [2.24, 2.45) is 11.8 Å². The quantitative estimate of drug-likeness (QED) is 0.361. The van der Waals surface area contributed by atoms with E-state index in [1.165, 1.54) is 0 Å². The van der Waals surface area contributed by atoms with E-state index in [9.17, 15) is 30.0 Å². The molecule has 9 nitrogen and oxygen atoms in total. The summed E-state index contributed by atoms with van der Waals surface area (Å²) in [6.07, 6.45) is -1.87. The fourth-order valence-corrected chi connectivity index (χ4v) is 4.15. The highest BCUT2D eigenvalue weighted by molar-refractivity contribution is 5.88. The van der Waals surface area contributed by atoms with Gasteiger partial charge in [-0.05, 0) is 38.7 Å². The smallest absolute Gasteiger partial charge is 0.336 e. The normalized spacial score (nSPS) is 43.5. The van der Waals surface area contributed by atoms with Gasteiger partial charge in [0.05, 0.1) is 12.5 Å². The molecule has 0 saturated carbocycles. The summed E-state index contributed by atoms with van der Waals surface area (Å²) in [5.74, 6) is -1.30. The summed E-state index contributed by atoms with van der Waals surface area (Å²) in [5.41, 5.74) is 1.44. The molecule has 9 heteroatoms. The third-order valence-corrected chi connectivity index (χ3v) is 6.15. The number of rotatable bonds is 3. The van der Waals surface area contributed by atoms with Crippen LogP contribution in [0.4, 0.5) is 0 Å². The second-order valence-electron chi connectivity index (χ2n) is 8.28. The fourth-order valence-electron chi connectivity index (χ4n) is 4.15. The lowest BCUT2D eigenvalue weighted by Crippen LogP contribution is -2.59. The first-order chi connectivity index (χ1) is 14.2. The highest BCUT2D eigenvalue weighted by atomic mass is 16.7. The molecule has 4 N–H and O–H groups in total. The van der Waals surface area contributed by atoms with Gasteiger partial charge in [0.2, 0.25) is 6.29 Å². The van der Waals surface area contributed by atoms with E-state index >= 15 is 0 Å². The predicted octanol–water partition coefficient (Wildman–Crippen LogP) is -0.0461. The Hall–Kier alpha value is -1.78. The molecule has 3 aliphatic rings. The molecule has 0 unspecified atom stereocenters. The van der Waals surface area contributed by atoms with Crippen LogP contribution in [0, 0.1) is 11.8 Å². The highest BCUT2D eigenvalue weighted by Crippen LogP contribution is 2.35. The van der Waals surface area contributed by atoms with E-state index in [2.05, 4.69) is 0 Å². The van der Waals surface area contributed by atoms with Crippen molar-refractivity contribution in [3.05, 3.63) is 23.3 Å². The van der Waals surface area contributed by atoms with E-state index in [0.717, 1.165) is 5.57 Å². The molecule has 8 atom stereocenters. The Morgan fingerprint density at radius 3 is 2.63 bits per heavy atom.